The molecule has 1 amide bonds. The number of benzene rings is 2. The zero-order chi connectivity index (χ0) is 16.9. The van der Waals surface area contributed by atoms with Crippen LogP contribution in [0.5, 0.6) is 5.75 Å². The lowest BCUT2D eigenvalue weighted by Crippen LogP contribution is -2.23. The second-order valence-corrected chi connectivity index (χ2v) is 5.55. The number of carbonyl (C=O) groups is 1. The zero-order valence-corrected chi connectivity index (χ0v) is 13.4. The van der Waals surface area contributed by atoms with Crippen LogP contribution in [-0.4, -0.2) is 23.0 Å². The van der Waals surface area contributed by atoms with E-state index in [2.05, 4.69) is 15.3 Å². The number of fused-ring (bicyclic) bond motifs is 1. The number of aryl methyl sites for hydroxylation is 1. The molecule has 0 radical (unpaired) electrons. The summed E-state index contributed by atoms with van der Waals surface area (Å²) in [6.07, 6.45) is 1.02. The fourth-order valence-corrected chi connectivity index (χ4v) is 2.64. The lowest BCUT2D eigenvalue weighted by atomic mass is 10.1. The Bertz CT molecular complexity index is 911. The molecule has 1 heterocycles. The first-order valence-corrected chi connectivity index (χ1v) is 7.75. The van der Waals surface area contributed by atoms with Gasteiger partial charge in [0.25, 0.3) is 0 Å². The van der Waals surface area contributed by atoms with Crippen LogP contribution < -0.4 is 15.7 Å². The number of para-hydroxylation sites is 1. The number of ether oxygens (including phenoxy) is 1. The van der Waals surface area contributed by atoms with Gasteiger partial charge in [-0.2, -0.15) is 0 Å². The topological polar surface area (TPSA) is 87.0 Å². The molecule has 6 heteroatoms. The summed E-state index contributed by atoms with van der Waals surface area (Å²) in [5, 5.41) is 2.90. The molecule has 3 N–H and O–H groups in total. The number of nitrogens with one attached hydrogen (secondary N) is 3. The van der Waals surface area contributed by atoms with Crippen LogP contribution in [-0.2, 0) is 17.8 Å². The van der Waals surface area contributed by atoms with Gasteiger partial charge < -0.3 is 20.0 Å². The van der Waals surface area contributed by atoms with Gasteiger partial charge in [0.15, 0.2) is 0 Å². The first-order chi connectivity index (χ1) is 11.7. The molecule has 0 unspecified atom stereocenters. The maximum atomic E-state index is 12.0. The summed E-state index contributed by atoms with van der Waals surface area (Å²) in [5.74, 6) is 0.774. The third-order valence-corrected chi connectivity index (χ3v) is 3.88. The summed E-state index contributed by atoms with van der Waals surface area (Å²) >= 11 is 0. The Morgan fingerprint density at radius 2 is 1.92 bits per heavy atom. The molecule has 0 aliphatic carbocycles. The Balaban J connectivity index is 1.55. The van der Waals surface area contributed by atoms with E-state index >= 15 is 0 Å². The number of H-pyrrole nitrogens is 2. The van der Waals surface area contributed by atoms with E-state index in [-0.39, 0.29) is 11.6 Å². The fraction of sp³-hybridized carbons (Fsp3) is 0.222. The number of aromatic nitrogens is 2. The Labute approximate surface area is 138 Å². The number of methoxy groups -OCH3 is 1. The minimum Gasteiger partial charge on any atom is -0.496 e. The number of hydrogen-bond acceptors (Lipinski definition) is 3. The van der Waals surface area contributed by atoms with Crippen LogP contribution in [0.15, 0.2) is 47.3 Å². The van der Waals surface area contributed by atoms with Crippen molar-refractivity contribution in [1.82, 2.24) is 15.3 Å². The van der Waals surface area contributed by atoms with Gasteiger partial charge >= 0.3 is 5.69 Å². The van der Waals surface area contributed by atoms with Gasteiger partial charge in [0.1, 0.15) is 5.75 Å². The SMILES string of the molecule is COc1ccccc1CCC(=O)NCc1ccc2[nH]c(=O)[nH]c2c1. The van der Waals surface area contributed by atoms with Gasteiger partial charge in [-0.05, 0) is 35.7 Å². The highest BCUT2D eigenvalue weighted by atomic mass is 16.5. The van der Waals surface area contributed by atoms with Crippen molar-refractivity contribution < 1.29 is 9.53 Å². The van der Waals surface area contributed by atoms with Crippen LogP contribution in [0.4, 0.5) is 0 Å². The lowest BCUT2D eigenvalue weighted by molar-refractivity contribution is -0.121. The van der Waals surface area contributed by atoms with Crippen molar-refractivity contribution in [2.24, 2.45) is 0 Å². The average molecular weight is 325 g/mol. The van der Waals surface area contributed by atoms with Crippen LogP contribution in [0, 0.1) is 0 Å². The van der Waals surface area contributed by atoms with Gasteiger partial charge in [-0.1, -0.05) is 24.3 Å². The van der Waals surface area contributed by atoms with Crippen LogP contribution in [0.1, 0.15) is 17.5 Å². The summed E-state index contributed by atoms with van der Waals surface area (Å²) in [6.45, 7) is 0.425. The minimum absolute atomic E-state index is 0.0245. The van der Waals surface area contributed by atoms with E-state index in [4.69, 9.17) is 4.74 Å². The number of rotatable bonds is 6. The molecule has 0 spiro atoms. The highest BCUT2D eigenvalue weighted by molar-refractivity contribution is 5.77. The zero-order valence-electron chi connectivity index (χ0n) is 13.4. The average Bonchev–Trinajstić information content (AvgIpc) is 2.97. The molecule has 24 heavy (non-hydrogen) atoms. The number of aromatic amines is 2. The molecule has 0 atom stereocenters. The monoisotopic (exact) mass is 325 g/mol. The van der Waals surface area contributed by atoms with Crippen molar-refractivity contribution in [1.29, 1.82) is 0 Å². The van der Waals surface area contributed by atoms with Crippen molar-refractivity contribution in [3.05, 3.63) is 64.1 Å². The second kappa shape index (κ2) is 7.04. The van der Waals surface area contributed by atoms with Gasteiger partial charge in [0, 0.05) is 13.0 Å². The largest absolute Gasteiger partial charge is 0.496 e. The van der Waals surface area contributed by atoms with Crippen molar-refractivity contribution in [3.8, 4) is 5.75 Å². The predicted octanol–water partition coefficient (Wildman–Crippen LogP) is 2.11. The highest BCUT2D eigenvalue weighted by Gasteiger charge is 2.07. The first kappa shape index (κ1) is 15.9. The van der Waals surface area contributed by atoms with Crippen LogP contribution in [0.3, 0.4) is 0 Å². The van der Waals surface area contributed by atoms with E-state index in [0.29, 0.717) is 19.4 Å². The molecule has 3 rings (SSSR count). The Morgan fingerprint density at radius 3 is 2.75 bits per heavy atom. The van der Waals surface area contributed by atoms with E-state index in [9.17, 15) is 9.59 Å². The van der Waals surface area contributed by atoms with Crippen LogP contribution in [0.2, 0.25) is 0 Å². The fourth-order valence-electron chi connectivity index (χ4n) is 2.64. The molecule has 0 saturated heterocycles. The molecule has 0 saturated carbocycles. The number of imidazole rings is 1. The highest BCUT2D eigenvalue weighted by Crippen LogP contribution is 2.18. The standard InChI is InChI=1S/C18H19N3O3/c1-24-16-5-3-2-4-13(16)7-9-17(22)19-11-12-6-8-14-15(10-12)21-18(23)20-14/h2-6,8,10H,7,9,11H2,1H3,(H,19,22)(H2,20,21,23). The molecule has 2 aromatic carbocycles. The third kappa shape index (κ3) is 3.65. The van der Waals surface area contributed by atoms with Crippen LogP contribution >= 0.6 is 0 Å². The summed E-state index contributed by atoms with van der Waals surface area (Å²) in [6, 6.07) is 13.2. The molecule has 0 aliphatic heterocycles. The van der Waals surface area contributed by atoms with Crippen molar-refractivity contribution in [2.45, 2.75) is 19.4 Å². The molecular weight excluding hydrogens is 306 g/mol. The molecule has 6 nitrogen and oxygen atoms in total. The van der Waals surface area contributed by atoms with Gasteiger partial charge in [-0.25, -0.2) is 4.79 Å². The molecule has 1 aromatic heterocycles. The van der Waals surface area contributed by atoms with Gasteiger partial charge in [-0.3, -0.25) is 4.79 Å². The molecule has 0 aliphatic rings. The predicted molar refractivity (Wildman–Crippen MR) is 92.1 cm³/mol. The van der Waals surface area contributed by atoms with Gasteiger partial charge in [-0.15, -0.1) is 0 Å². The van der Waals surface area contributed by atoms with E-state index < -0.39 is 0 Å². The normalized spacial score (nSPS) is 10.7. The second-order valence-electron chi connectivity index (χ2n) is 5.55. The third-order valence-electron chi connectivity index (χ3n) is 3.88. The first-order valence-electron chi connectivity index (χ1n) is 7.75. The quantitative estimate of drug-likeness (QED) is 0.649. The number of hydrogen-bond donors (Lipinski definition) is 3. The van der Waals surface area contributed by atoms with Crippen molar-refractivity contribution in [3.63, 3.8) is 0 Å². The van der Waals surface area contributed by atoms with E-state index in [1.54, 1.807) is 7.11 Å². The van der Waals surface area contributed by atoms with E-state index in [1.807, 2.05) is 42.5 Å². The maximum absolute atomic E-state index is 12.0. The lowest BCUT2D eigenvalue weighted by Gasteiger charge is -2.08. The van der Waals surface area contributed by atoms with Crippen molar-refractivity contribution in [2.75, 3.05) is 7.11 Å². The summed E-state index contributed by atoms with van der Waals surface area (Å²) in [5.41, 5.74) is 3.21. The summed E-state index contributed by atoms with van der Waals surface area (Å²) in [7, 11) is 1.63. The molecule has 3 aromatic rings. The van der Waals surface area contributed by atoms with Gasteiger partial charge in [0.2, 0.25) is 5.91 Å². The minimum atomic E-state index is -0.233. The smallest absolute Gasteiger partial charge is 0.323 e. The maximum Gasteiger partial charge on any atom is 0.323 e. The van der Waals surface area contributed by atoms with E-state index in [0.717, 1.165) is 27.9 Å². The van der Waals surface area contributed by atoms with Crippen LogP contribution in [0.25, 0.3) is 11.0 Å². The van der Waals surface area contributed by atoms with Gasteiger partial charge in [0.05, 0.1) is 18.1 Å². The molecule has 124 valence electrons. The Morgan fingerprint density at radius 1 is 1.12 bits per heavy atom. The Hall–Kier alpha value is -3.02. The molecule has 0 bridgehead atoms. The number of carbonyl (C=O) groups excluding carboxylic acids is 1. The van der Waals surface area contributed by atoms with E-state index in [1.165, 1.54) is 0 Å². The summed E-state index contributed by atoms with van der Waals surface area (Å²) < 4.78 is 5.29. The van der Waals surface area contributed by atoms with Crippen molar-refractivity contribution >= 4 is 16.9 Å². The molecular formula is C18H19N3O3. The molecule has 0 fully saturated rings. The Kier molecular flexibility index (Phi) is 4.65. The number of amides is 1. The summed E-state index contributed by atoms with van der Waals surface area (Å²) in [4.78, 5) is 28.7.